The predicted molar refractivity (Wildman–Crippen MR) is 143 cm³/mol. The molecule has 2 aliphatic rings. The average Bonchev–Trinajstić information content (AvgIpc) is 3.73. The van der Waals surface area contributed by atoms with Gasteiger partial charge in [-0.3, -0.25) is 9.59 Å². The number of hydrogen-bond acceptors (Lipinski definition) is 5. The van der Waals surface area contributed by atoms with Crippen molar-refractivity contribution in [2.75, 3.05) is 13.1 Å². The van der Waals surface area contributed by atoms with Crippen molar-refractivity contribution in [3.05, 3.63) is 76.7 Å². The monoisotopic (exact) mass is 553 g/mol. The van der Waals surface area contributed by atoms with Gasteiger partial charge < -0.3 is 18.9 Å². The summed E-state index contributed by atoms with van der Waals surface area (Å²) >= 11 is 0. The second-order valence-corrected chi connectivity index (χ2v) is 10.0. The molecule has 3 aromatic rings. The molecule has 0 aliphatic carbocycles. The molecule has 0 saturated carbocycles. The molecule has 4 heterocycles. The Labute approximate surface area is 231 Å². The maximum absolute atomic E-state index is 14.4. The number of halogens is 2. The Morgan fingerprint density at radius 1 is 1.05 bits per heavy atom. The van der Waals surface area contributed by atoms with E-state index in [1.807, 2.05) is 17.3 Å². The van der Waals surface area contributed by atoms with Gasteiger partial charge in [-0.1, -0.05) is 31.4 Å². The van der Waals surface area contributed by atoms with Crippen LogP contribution in [0.15, 0.2) is 48.4 Å². The summed E-state index contributed by atoms with van der Waals surface area (Å²) in [5.74, 6) is -0.484. The number of benzene rings is 1. The molecular weight excluding hydrogens is 520 g/mol. The molecule has 11 nitrogen and oxygen atoms in total. The molecule has 0 N–H and O–H groups in total. The standard InChI is InChI=1S/C14H12F2N6O.C13H21N3O/c15-11-2-1-10(13(16)14(11)19-20-17)9-5-12(23)22(6-9)8-21-4-3-18-7-21;1-3-5-11-8-13(17)16(9-11)10-15-7-6-14-12(15)4-2/h1-4,7,9H,5-6,8H2;6-7,11H,3-5,8-10H2,1-2H3. The van der Waals surface area contributed by atoms with E-state index in [0.717, 1.165) is 44.1 Å². The van der Waals surface area contributed by atoms with Gasteiger partial charge in [-0.2, -0.15) is 0 Å². The highest BCUT2D eigenvalue weighted by molar-refractivity contribution is 5.79. The van der Waals surface area contributed by atoms with Crippen LogP contribution in [0.2, 0.25) is 0 Å². The molecule has 0 radical (unpaired) electrons. The number of amides is 2. The second kappa shape index (κ2) is 13.2. The molecule has 2 aliphatic heterocycles. The predicted octanol–water partition coefficient (Wildman–Crippen LogP) is 5.13. The highest BCUT2D eigenvalue weighted by atomic mass is 19.1. The first kappa shape index (κ1) is 28.8. The largest absolute Gasteiger partial charge is 0.324 e. The highest BCUT2D eigenvalue weighted by Crippen LogP contribution is 2.35. The van der Waals surface area contributed by atoms with E-state index >= 15 is 0 Å². The lowest BCUT2D eigenvalue weighted by molar-refractivity contribution is -0.129. The van der Waals surface area contributed by atoms with Gasteiger partial charge >= 0.3 is 0 Å². The lowest BCUT2D eigenvalue weighted by Crippen LogP contribution is -2.28. The molecule has 0 bridgehead atoms. The van der Waals surface area contributed by atoms with Crippen LogP contribution in [0.25, 0.3) is 10.4 Å². The normalized spacial score (nSPS) is 18.6. The van der Waals surface area contributed by atoms with Crippen LogP contribution in [0.4, 0.5) is 14.5 Å². The summed E-state index contributed by atoms with van der Waals surface area (Å²) in [5.41, 5.74) is 7.92. The molecule has 40 heavy (non-hydrogen) atoms. The van der Waals surface area contributed by atoms with Crippen LogP contribution in [0.5, 0.6) is 0 Å². The molecular formula is C27H33F2N9O2. The number of aromatic nitrogens is 4. The summed E-state index contributed by atoms with van der Waals surface area (Å²) in [6.07, 6.45) is 12.7. The summed E-state index contributed by atoms with van der Waals surface area (Å²) in [7, 11) is 0. The van der Waals surface area contributed by atoms with Crippen molar-refractivity contribution in [2.45, 2.75) is 65.2 Å². The molecule has 2 unspecified atom stereocenters. The van der Waals surface area contributed by atoms with Crippen LogP contribution < -0.4 is 0 Å². The minimum absolute atomic E-state index is 0.118. The Morgan fingerprint density at radius 2 is 1.82 bits per heavy atom. The summed E-state index contributed by atoms with van der Waals surface area (Å²) in [5, 5.41) is 3.06. The van der Waals surface area contributed by atoms with Gasteiger partial charge in [0.15, 0.2) is 0 Å². The van der Waals surface area contributed by atoms with E-state index in [4.69, 9.17) is 5.53 Å². The summed E-state index contributed by atoms with van der Waals surface area (Å²) in [6, 6.07) is 2.34. The molecule has 212 valence electrons. The van der Waals surface area contributed by atoms with Crippen LogP contribution >= 0.6 is 0 Å². The lowest BCUT2D eigenvalue weighted by atomic mass is 9.97. The van der Waals surface area contributed by atoms with Gasteiger partial charge in [-0.15, -0.1) is 0 Å². The van der Waals surface area contributed by atoms with Crippen molar-refractivity contribution >= 4 is 17.5 Å². The smallest absolute Gasteiger partial charge is 0.224 e. The minimum atomic E-state index is -0.927. The van der Waals surface area contributed by atoms with Crippen LogP contribution in [0.3, 0.4) is 0 Å². The van der Waals surface area contributed by atoms with Crippen LogP contribution in [0.1, 0.15) is 56.8 Å². The van der Waals surface area contributed by atoms with Crippen LogP contribution in [-0.2, 0) is 29.3 Å². The first-order chi connectivity index (χ1) is 19.3. The summed E-state index contributed by atoms with van der Waals surface area (Å²) in [6.45, 7) is 6.47. The number of nitrogens with zero attached hydrogens (tertiary/aromatic N) is 9. The molecule has 13 heteroatoms. The Kier molecular flexibility index (Phi) is 9.49. The maximum Gasteiger partial charge on any atom is 0.224 e. The third kappa shape index (κ3) is 6.66. The van der Waals surface area contributed by atoms with Crippen LogP contribution in [-0.4, -0.2) is 53.8 Å². The molecule has 1 aromatic carbocycles. The number of azide groups is 1. The first-order valence-corrected chi connectivity index (χ1v) is 13.4. The van der Waals surface area contributed by atoms with E-state index in [2.05, 4.69) is 38.4 Å². The second-order valence-electron chi connectivity index (χ2n) is 10.0. The molecule has 2 atom stereocenters. The molecule has 5 rings (SSSR count). The molecule has 2 fully saturated rings. The summed E-state index contributed by atoms with van der Waals surface area (Å²) < 4.78 is 31.7. The molecule has 0 spiro atoms. The van der Waals surface area contributed by atoms with Gasteiger partial charge in [0.25, 0.3) is 0 Å². The Bertz CT molecular complexity index is 1370. The average molecular weight is 554 g/mol. The van der Waals surface area contributed by atoms with Gasteiger partial charge in [0.1, 0.15) is 23.1 Å². The van der Waals surface area contributed by atoms with Crippen molar-refractivity contribution in [2.24, 2.45) is 11.0 Å². The zero-order valence-corrected chi connectivity index (χ0v) is 22.7. The van der Waals surface area contributed by atoms with Crippen molar-refractivity contribution in [1.29, 1.82) is 0 Å². The highest BCUT2D eigenvalue weighted by Gasteiger charge is 2.33. The topological polar surface area (TPSA) is 125 Å². The summed E-state index contributed by atoms with van der Waals surface area (Å²) in [4.78, 5) is 38.1. The third-order valence-electron chi connectivity index (χ3n) is 7.22. The van der Waals surface area contributed by atoms with Crippen molar-refractivity contribution < 1.29 is 18.4 Å². The minimum Gasteiger partial charge on any atom is -0.324 e. The van der Waals surface area contributed by atoms with E-state index < -0.39 is 23.2 Å². The van der Waals surface area contributed by atoms with Crippen molar-refractivity contribution in [1.82, 2.24) is 28.9 Å². The van der Waals surface area contributed by atoms with E-state index in [-0.39, 0.29) is 17.9 Å². The fraction of sp³-hybridized carbons (Fsp3) is 0.481. The number of hydrogen-bond donors (Lipinski definition) is 0. The van der Waals surface area contributed by atoms with Crippen molar-refractivity contribution in [3.8, 4) is 0 Å². The number of likely N-dealkylation sites (tertiary alicyclic amines) is 2. The van der Waals surface area contributed by atoms with Gasteiger partial charge in [-0.25, -0.2) is 18.7 Å². The van der Waals surface area contributed by atoms with E-state index in [0.29, 0.717) is 31.7 Å². The van der Waals surface area contributed by atoms with Crippen molar-refractivity contribution in [3.63, 3.8) is 0 Å². The van der Waals surface area contributed by atoms with E-state index in [9.17, 15) is 18.4 Å². The Morgan fingerprint density at radius 3 is 2.52 bits per heavy atom. The van der Waals surface area contributed by atoms with Crippen LogP contribution in [0, 0.1) is 17.6 Å². The number of carbonyl (C=O) groups is 2. The lowest BCUT2D eigenvalue weighted by Gasteiger charge is -2.18. The molecule has 2 aromatic heterocycles. The zero-order chi connectivity index (χ0) is 28.6. The zero-order valence-electron chi connectivity index (χ0n) is 22.7. The van der Waals surface area contributed by atoms with E-state index in [1.165, 1.54) is 6.07 Å². The molecule has 2 saturated heterocycles. The fourth-order valence-electron chi connectivity index (χ4n) is 5.25. The van der Waals surface area contributed by atoms with Gasteiger partial charge in [0.2, 0.25) is 11.8 Å². The SMILES string of the molecule is CCCC1CC(=O)N(Cn2ccnc2CC)C1.[N-]=[N+]=Nc1c(F)ccc(C2CC(=O)N(Cn3ccnc3)C2)c1F. The third-order valence-corrected chi connectivity index (χ3v) is 7.22. The maximum atomic E-state index is 14.4. The Balaban J connectivity index is 0.000000194. The Hall–Kier alpha value is -4.25. The number of imidazole rings is 2. The molecule has 2 amide bonds. The quantitative estimate of drug-likeness (QED) is 0.207. The number of aryl methyl sites for hydroxylation is 1. The number of rotatable bonds is 9. The van der Waals surface area contributed by atoms with E-state index in [1.54, 1.807) is 28.2 Å². The fourth-order valence-corrected chi connectivity index (χ4v) is 5.25. The number of carbonyl (C=O) groups excluding carboxylic acids is 2. The van der Waals surface area contributed by atoms with Gasteiger partial charge in [0, 0.05) is 68.0 Å². The van der Waals surface area contributed by atoms with Gasteiger partial charge in [0.05, 0.1) is 19.7 Å². The van der Waals surface area contributed by atoms with Gasteiger partial charge in [-0.05, 0) is 29.5 Å². The first-order valence-electron chi connectivity index (χ1n) is 13.4.